The summed E-state index contributed by atoms with van der Waals surface area (Å²) in [5.41, 5.74) is 3.60. The first kappa shape index (κ1) is 46.7. The maximum absolute atomic E-state index is 14.8. The van der Waals surface area contributed by atoms with Gasteiger partial charge in [-0.2, -0.15) is 0 Å². The minimum atomic E-state index is -1.45. The van der Waals surface area contributed by atoms with E-state index in [4.69, 9.17) is 33.7 Å². The molecule has 8 rings (SSSR count). The molecule has 1 saturated heterocycles. The highest BCUT2D eigenvalue weighted by atomic mass is 32.2. The van der Waals surface area contributed by atoms with Crippen molar-refractivity contribution in [2.24, 2.45) is 22.9 Å². The number of thioether (sulfide) groups is 1. The monoisotopic (exact) mass is 904 g/mol. The normalized spacial score (nSPS) is 25.2. The summed E-state index contributed by atoms with van der Waals surface area (Å²) in [4.78, 5) is 24.0. The first-order valence-electron chi connectivity index (χ1n) is 23.5. The summed E-state index contributed by atoms with van der Waals surface area (Å²) < 4.78 is 33.3. The van der Waals surface area contributed by atoms with E-state index in [1.807, 2.05) is 49.4 Å². The van der Waals surface area contributed by atoms with E-state index in [1.165, 1.54) is 0 Å². The van der Waals surface area contributed by atoms with E-state index >= 15 is 0 Å². The van der Waals surface area contributed by atoms with Crippen molar-refractivity contribution in [3.8, 4) is 17.2 Å². The molecule has 7 atom stereocenters. The Morgan fingerprint density at radius 2 is 1.75 bits per heavy atom. The minimum Gasteiger partial charge on any atom is -0.459 e. The highest BCUT2D eigenvalue weighted by Gasteiger charge is 2.66. The average Bonchev–Trinajstić information content (AvgIpc) is 3.34. The Balaban J connectivity index is 1.34. The lowest BCUT2D eigenvalue weighted by molar-refractivity contribution is -0.256. The molecule has 2 aliphatic carbocycles. The van der Waals surface area contributed by atoms with Crippen molar-refractivity contribution in [2.45, 2.75) is 107 Å². The van der Waals surface area contributed by atoms with E-state index in [2.05, 4.69) is 61.4 Å². The maximum Gasteiger partial charge on any atom is 0.410 e. The lowest BCUT2D eigenvalue weighted by Crippen LogP contribution is -2.70. The van der Waals surface area contributed by atoms with E-state index < -0.39 is 30.1 Å². The van der Waals surface area contributed by atoms with Crippen LogP contribution in [0.4, 0.5) is 4.79 Å². The van der Waals surface area contributed by atoms with Crippen LogP contribution in [-0.2, 0) is 25.6 Å². The van der Waals surface area contributed by atoms with Crippen LogP contribution in [0.3, 0.4) is 0 Å². The third kappa shape index (κ3) is 10.3. The Bertz CT molecular complexity index is 2290. The van der Waals surface area contributed by atoms with Crippen molar-refractivity contribution in [1.29, 1.82) is 0 Å². The van der Waals surface area contributed by atoms with Gasteiger partial charge in [0.1, 0.15) is 23.3 Å². The van der Waals surface area contributed by atoms with Gasteiger partial charge in [0.15, 0.2) is 0 Å². The zero-order valence-corrected chi connectivity index (χ0v) is 38.6. The number of oxime groups is 1. The number of aliphatic hydroxyl groups is 2. The van der Waals surface area contributed by atoms with Crippen molar-refractivity contribution in [2.75, 3.05) is 39.3 Å². The molecule has 346 valence electrons. The van der Waals surface area contributed by atoms with Crippen molar-refractivity contribution >= 4 is 34.3 Å². The van der Waals surface area contributed by atoms with Crippen molar-refractivity contribution < 1.29 is 43.5 Å². The molecular formula is C53H64N2O9S. The number of nitrogens with zero attached hydrogens (tertiary/aromatic N) is 2. The molecule has 0 bridgehead atoms. The number of allylic oxidation sites excluding steroid dienone is 1. The molecule has 2 fully saturated rings. The number of fused-ring (bicyclic) bond motifs is 3. The highest BCUT2D eigenvalue weighted by Crippen LogP contribution is 2.62. The Kier molecular flexibility index (Phi) is 15.9. The number of unbranched alkanes of at least 4 members (excludes halogenated alkanes) is 2. The molecule has 12 heteroatoms. The number of hydrogen-bond donors (Lipinski definition) is 2. The number of carbonyl (C=O) groups is 1. The Hall–Kier alpha value is -4.85. The van der Waals surface area contributed by atoms with E-state index in [0.717, 1.165) is 83.1 Å². The molecule has 1 unspecified atom stereocenters. The molecule has 4 aromatic carbocycles. The molecule has 11 nitrogen and oxygen atoms in total. The summed E-state index contributed by atoms with van der Waals surface area (Å²) in [6.45, 7) is 7.25. The maximum atomic E-state index is 14.8. The highest BCUT2D eigenvalue weighted by molar-refractivity contribution is 7.98. The summed E-state index contributed by atoms with van der Waals surface area (Å²) >= 11 is 1.68. The number of aliphatic hydroxyl groups excluding tert-OH is 2. The molecule has 2 heterocycles. The quantitative estimate of drug-likeness (QED) is 0.0383. The number of ether oxygens (including phenoxy) is 5. The van der Waals surface area contributed by atoms with Gasteiger partial charge in [0.25, 0.3) is 0 Å². The van der Waals surface area contributed by atoms with E-state index in [0.29, 0.717) is 36.7 Å². The molecule has 65 heavy (non-hydrogen) atoms. The molecule has 4 aliphatic rings. The Labute approximate surface area is 387 Å². The lowest BCUT2D eigenvalue weighted by Gasteiger charge is -2.60. The molecule has 1 saturated carbocycles. The standard InChI is InChI=1S/C53H64N2O9S/c1-4-30-61-53-48(55(52(58)59-5-2)35-38-18-14-17-36-15-6-7-19-42(36)38)34-46(54-64-49-21-10-13-31-60-49)44-32-37(16-8-11-28-56)43(20-9-12-29-57)50(51(44)53)45-33-40(24-27-47(45)63-53)62-39-22-25-41(65-3)26-23-39/h4,6-7,14-15,17-19,22-27,32-33,37,43,48-51,56-57H,1,5,8-13,16,20-21,28-31,34-35H2,2-3H3/t37-,43+,48-,49?,50+,51+,53+/m0/s1. The van der Waals surface area contributed by atoms with Crippen molar-refractivity contribution in [3.05, 3.63) is 120 Å². The first-order valence-corrected chi connectivity index (χ1v) is 24.7. The van der Waals surface area contributed by atoms with Crippen LogP contribution in [0.1, 0.15) is 88.2 Å². The second kappa shape index (κ2) is 22.1. The number of benzene rings is 4. The van der Waals surface area contributed by atoms with Crippen LogP contribution in [0.5, 0.6) is 17.2 Å². The molecule has 0 aromatic heterocycles. The van der Waals surface area contributed by atoms with Gasteiger partial charge in [0.2, 0.25) is 12.1 Å². The fourth-order valence-electron chi connectivity index (χ4n) is 10.5. The molecular weight excluding hydrogens is 841 g/mol. The molecule has 2 N–H and O–H groups in total. The van der Waals surface area contributed by atoms with Crippen molar-refractivity contribution in [3.63, 3.8) is 0 Å². The molecule has 0 radical (unpaired) electrons. The first-order chi connectivity index (χ1) is 31.9. The van der Waals surface area contributed by atoms with Gasteiger partial charge >= 0.3 is 6.09 Å². The van der Waals surface area contributed by atoms with Gasteiger partial charge in [0, 0.05) is 42.4 Å². The van der Waals surface area contributed by atoms with E-state index in [1.54, 1.807) is 22.7 Å². The van der Waals surface area contributed by atoms with E-state index in [9.17, 15) is 15.0 Å². The molecule has 1 amide bonds. The fourth-order valence-corrected chi connectivity index (χ4v) is 10.9. The predicted octanol–water partition coefficient (Wildman–Crippen LogP) is 11.2. The number of carbonyl (C=O) groups excluding carboxylic acids is 1. The van der Waals surface area contributed by atoms with Crippen LogP contribution < -0.4 is 9.47 Å². The average molecular weight is 905 g/mol. The number of rotatable bonds is 20. The van der Waals surface area contributed by atoms with Gasteiger partial charge in [-0.25, -0.2) is 4.79 Å². The third-order valence-corrected chi connectivity index (χ3v) is 14.2. The SMILES string of the molecule is C=CCO[C@@]12Oc3ccc(Oc4ccc(SC)cc4)cc3[C@H]3[C@H](CCCCO)[C@@H](CCCCO)C=C(C(=NOC4CCCCO4)C[C@@H]1N(Cc1cccc4ccccc14)C(=O)OCC)[C@H]32. The van der Waals surface area contributed by atoms with Gasteiger partial charge < -0.3 is 38.7 Å². The minimum absolute atomic E-state index is 0.0520. The van der Waals surface area contributed by atoms with Gasteiger partial charge in [-0.15, -0.1) is 18.3 Å². The van der Waals surface area contributed by atoms with Gasteiger partial charge in [0.05, 0.1) is 38.0 Å². The van der Waals surface area contributed by atoms with Crippen LogP contribution in [0.15, 0.2) is 119 Å². The van der Waals surface area contributed by atoms with Crippen LogP contribution >= 0.6 is 11.8 Å². The van der Waals surface area contributed by atoms with Crippen LogP contribution in [0.2, 0.25) is 0 Å². The number of amides is 1. The second-order valence-electron chi connectivity index (χ2n) is 17.4. The van der Waals surface area contributed by atoms with Crippen LogP contribution in [-0.4, -0.2) is 84.3 Å². The second-order valence-corrected chi connectivity index (χ2v) is 18.3. The summed E-state index contributed by atoms with van der Waals surface area (Å²) in [5.74, 6) is 0.0198. The number of hydrogen-bond acceptors (Lipinski definition) is 11. The summed E-state index contributed by atoms with van der Waals surface area (Å²) in [7, 11) is 0. The summed E-state index contributed by atoms with van der Waals surface area (Å²) in [6.07, 6.45) is 12.7. The smallest absolute Gasteiger partial charge is 0.410 e. The molecule has 4 aromatic rings. The van der Waals surface area contributed by atoms with E-state index in [-0.39, 0.29) is 57.1 Å². The van der Waals surface area contributed by atoms with Gasteiger partial charge in [-0.3, -0.25) is 4.90 Å². The fraction of sp³-hybridized carbons (Fsp3) is 0.472. The van der Waals surface area contributed by atoms with Gasteiger partial charge in [-0.1, -0.05) is 72.6 Å². The summed E-state index contributed by atoms with van der Waals surface area (Å²) in [6, 6.07) is 27.7. The Morgan fingerprint density at radius 3 is 2.51 bits per heavy atom. The third-order valence-electron chi connectivity index (χ3n) is 13.5. The summed E-state index contributed by atoms with van der Waals surface area (Å²) in [5, 5.41) is 27.2. The molecule has 2 aliphatic heterocycles. The van der Waals surface area contributed by atoms with Crippen LogP contribution in [0.25, 0.3) is 10.8 Å². The van der Waals surface area contributed by atoms with Crippen molar-refractivity contribution in [1.82, 2.24) is 4.90 Å². The van der Waals surface area contributed by atoms with Crippen LogP contribution in [0, 0.1) is 17.8 Å². The predicted molar refractivity (Wildman–Crippen MR) is 254 cm³/mol. The largest absolute Gasteiger partial charge is 0.459 e. The molecule has 0 spiro atoms. The zero-order valence-electron chi connectivity index (χ0n) is 37.8. The Morgan fingerprint density at radius 1 is 0.969 bits per heavy atom. The topological polar surface area (TPSA) is 129 Å². The zero-order chi connectivity index (χ0) is 45.2. The lowest BCUT2D eigenvalue weighted by atomic mass is 9.55. The van der Waals surface area contributed by atoms with Gasteiger partial charge in [-0.05, 0) is 128 Å².